The average molecular weight is 548 g/mol. The molecular weight excluding hydrogens is 521 g/mol. The summed E-state index contributed by atoms with van der Waals surface area (Å²) < 4.78 is 28.1. The summed E-state index contributed by atoms with van der Waals surface area (Å²) in [5.74, 6) is -0.860. The molecule has 0 bridgehead atoms. The zero-order chi connectivity index (χ0) is 26.5. The summed E-state index contributed by atoms with van der Waals surface area (Å²) >= 11 is 12.2. The van der Waals surface area contributed by atoms with Gasteiger partial charge in [-0.25, -0.2) is 8.42 Å². The van der Waals surface area contributed by atoms with Gasteiger partial charge in [-0.15, -0.1) is 0 Å². The van der Waals surface area contributed by atoms with Gasteiger partial charge in [0.2, 0.25) is 5.91 Å². The topological polar surface area (TPSA) is 86.8 Å². The lowest BCUT2D eigenvalue weighted by Gasteiger charge is -2.25. The molecule has 3 aromatic rings. The SMILES string of the molecule is CCN(CC)C(=O)c1ccccc1NC(=O)CN(c1ccc(Cl)c(Cl)c1)S(=O)(=O)c1ccc(C)cc1. The summed E-state index contributed by atoms with van der Waals surface area (Å²) in [7, 11) is -4.14. The molecular formula is C26H27Cl2N3O4S. The Balaban J connectivity index is 1.97. The van der Waals surface area contributed by atoms with Gasteiger partial charge in [0.15, 0.2) is 0 Å². The Bertz CT molecular complexity index is 1360. The monoisotopic (exact) mass is 547 g/mol. The van der Waals surface area contributed by atoms with Crippen molar-refractivity contribution in [1.29, 1.82) is 0 Å². The van der Waals surface area contributed by atoms with E-state index in [1.165, 1.54) is 30.3 Å². The normalized spacial score (nSPS) is 11.1. The predicted molar refractivity (Wildman–Crippen MR) is 144 cm³/mol. The van der Waals surface area contributed by atoms with E-state index in [1.54, 1.807) is 41.3 Å². The van der Waals surface area contributed by atoms with Crippen molar-refractivity contribution >= 4 is 56.4 Å². The van der Waals surface area contributed by atoms with Crippen molar-refractivity contribution in [3.63, 3.8) is 0 Å². The van der Waals surface area contributed by atoms with Crippen LogP contribution in [-0.2, 0) is 14.8 Å². The number of rotatable bonds is 9. The summed E-state index contributed by atoms with van der Waals surface area (Å²) in [5.41, 5.74) is 1.67. The second-order valence-corrected chi connectivity index (χ2v) is 10.7. The smallest absolute Gasteiger partial charge is 0.264 e. The number of halogens is 2. The lowest BCUT2D eigenvalue weighted by atomic mass is 10.1. The van der Waals surface area contributed by atoms with Gasteiger partial charge in [0.25, 0.3) is 15.9 Å². The van der Waals surface area contributed by atoms with E-state index in [0.29, 0.717) is 24.3 Å². The van der Waals surface area contributed by atoms with E-state index in [-0.39, 0.29) is 26.5 Å². The largest absolute Gasteiger partial charge is 0.339 e. The van der Waals surface area contributed by atoms with Crippen LogP contribution < -0.4 is 9.62 Å². The summed E-state index contributed by atoms with van der Waals surface area (Å²) in [6, 6.07) is 17.3. The first-order chi connectivity index (χ1) is 17.1. The number of benzene rings is 3. The molecule has 0 aliphatic heterocycles. The molecule has 36 heavy (non-hydrogen) atoms. The number of sulfonamides is 1. The van der Waals surface area contributed by atoms with Crippen LogP contribution in [0.15, 0.2) is 71.6 Å². The van der Waals surface area contributed by atoms with Gasteiger partial charge in [0, 0.05) is 13.1 Å². The molecule has 190 valence electrons. The molecule has 0 atom stereocenters. The quantitative estimate of drug-likeness (QED) is 0.376. The van der Waals surface area contributed by atoms with E-state index in [0.717, 1.165) is 9.87 Å². The number of para-hydroxylation sites is 1. The molecule has 2 amide bonds. The molecule has 0 aromatic heterocycles. The molecule has 3 rings (SSSR count). The number of carbonyl (C=O) groups excluding carboxylic acids is 2. The summed E-state index contributed by atoms with van der Waals surface area (Å²) in [4.78, 5) is 27.7. The lowest BCUT2D eigenvalue weighted by Crippen LogP contribution is -2.38. The molecule has 0 unspecified atom stereocenters. The van der Waals surface area contributed by atoms with Gasteiger partial charge in [0.05, 0.1) is 31.9 Å². The third kappa shape index (κ3) is 6.19. The maximum atomic E-state index is 13.6. The van der Waals surface area contributed by atoms with Gasteiger partial charge in [0.1, 0.15) is 6.54 Å². The lowest BCUT2D eigenvalue weighted by molar-refractivity contribution is -0.114. The van der Waals surface area contributed by atoms with Crippen molar-refractivity contribution in [2.75, 3.05) is 29.3 Å². The second kappa shape index (κ2) is 11.8. The molecule has 7 nitrogen and oxygen atoms in total. The van der Waals surface area contributed by atoms with Crippen LogP contribution in [0.25, 0.3) is 0 Å². The number of nitrogens with one attached hydrogen (secondary N) is 1. The van der Waals surface area contributed by atoms with Crippen molar-refractivity contribution in [2.45, 2.75) is 25.7 Å². The van der Waals surface area contributed by atoms with Crippen LogP contribution in [0.4, 0.5) is 11.4 Å². The van der Waals surface area contributed by atoms with Crippen LogP contribution in [0.1, 0.15) is 29.8 Å². The molecule has 0 radical (unpaired) electrons. The fraction of sp³-hybridized carbons (Fsp3) is 0.231. The van der Waals surface area contributed by atoms with Crippen LogP contribution in [0.2, 0.25) is 10.0 Å². The highest BCUT2D eigenvalue weighted by Gasteiger charge is 2.28. The van der Waals surface area contributed by atoms with Crippen LogP contribution in [0, 0.1) is 6.92 Å². The number of carbonyl (C=O) groups is 2. The highest BCUT2D eigenvalue weighted by Crippen LogP contribution is 2.31. The minimum atomic E-state index is -4.14. The molecule has 0 saturated carbocycles. The van der Waals surface area contributed by atoms with E-state index in [2.05, 4.69) is 5.32 Å². The van der Waals surface area contributed by atoms with Crippen LogP contribution >= 0.6 is 23.2 Å². The highest BCUT2D eigenvalue weighted by molar-refractivity contribution is 7.92. The first kappa shape index (κ1) is 27.5. The molecule has 1 N–H and O–H groups in total. The Morgan fingerprint density at radius 3 is 2.14 bits per heavy atom. The standard InChI is InChI=1S/C26H27Cl2N3O4S/c1-4-30(5-2)26(33)21-8-6-7-9-24(21)29-25(32)17-31(19-12-15-22(27)23(28)16-19)36(34,35)20-13-10-18(3)11-14-20/h6-16H,4-5,17H2,1-3H3,(H,29,32). The molecule has 0 saturated heterocycles. The van der Waals surface area contributed by atoms with Gasteiger partial charge >= 0.3 is 0 Å². The summed E-state index contributed by atoms with van der Waals surface area (Å²) in [6.45, 7) is 6.05. The molecule has 0 fully saturated rings. The molecule has 10 heteroatoms. The number of hydrogen-bond acceptors (Lipinski definition) is 4. The third-order valence-electron chi connectivity index (χ3n) is 5.57. The fourth-order valence-corrected chi connectivity index (χ4v) is 5.28. The second-order valence-electron chi connectivity index (χ2n) is 7.99. The number of amides is 2. The molecule has 3 aromatic carbocycles. The van der Waals surface area contributed by atoms with Crippen LogP contribution in [0.5, 0.6) is 0 Å². The Kier molecular flexibility index (Phi) is 9.00. The number of aryl methyl sites for hydroxylation is 1. The van der Waals surface area contributed by atoms with Crippen molar-refractivity contribution in [2.24, 2.45) is 0 Å². The minimum absolute atomic E-state index is 0.0177. The average Bonchev–Trinajstić information content (AvgIpc) is 2.85. The van der Waals surface area contributed by atoms with Gasteiger partial charge in [-0.3, -0.25) is 13.9 Å². The fourth-order valence-electron chi connectivity index (χ4n) is 3.57. The van der Waals surface area contributed by atoms with Crippen molar-refractivity contribution in [3.8, 4) is 0 Å². The Morgan fingerprint density at radius 1 is 0.889 bits per heavy atom. The molecule has 0 heterocycles. The van der Waals surface area contributed by atoms with E-state index in [1.807, 2.05) is 20.8 Å². The van der Waals surface area contributed by atoms with Gasteiger partial charge < -0.3 is 10.2 Å². The number of anilines is 2. The van der Waals surface area contributed by atoms with Crippen molar-refractivity contribution in [1.82, 2.24) is 4.90 Å². The van der Waals surface area contributed by atoms with E-state index >= 15 is 0 Å². The summed E-state index contributed by atoms with van der Waals surface area (Å²) in [5, 5.41) is 3.10. The van der Waals surface area contributed by atoms with Gasteiger partial charge in [-0.05, 0) is 63.2 Å². The van der Waals surface area contributed by atoms with E-state index in [9.17, 15) is 18.0 Å². The minimum Gasteiger partial charge on any atom is -0.339 e. The zero-order valence-corrected chi connectivity index (χ0v) is 22.5. The van der Waals surface area contributed by atoms with Crippen molar-refractivity contribution in [3.05, 3.63) is 87.9 Å². The van der Waals surface area contributed by atoms with Crippen LogP contribution in [0.3, 0.4) is 0 Å². The van der Waals surface area contributed by atoms with Crippen LogP contribution in [-0.4, -0.2) is 44.8 Å². The number of nitrogens with zero attached hydrogens (tertiary/aromatic N) is 2. The molecule has 0 aliphatic carbocycles. The first-order valence-corrected chi connectivity index (χ1v) is 13.5. The Hall–Kier alpha value is -3.07. The Labute approximate surface area is 221 Å². The molecule has 0 spiro atoms. The maximum Gasteiger partial charge on any atom is 0.264 e. The third-order valence-corrected chi connectivity index (χ3v) is 8.10. The summed E-state index contributed by atoms with van der Waals surface area (Å²) in [6.07, 6.45) is 0. The predicted octanol–water partition coefficient (Wildman–Crippen LogP) is 5.62. The van der Waals surface area contributed by atoms with Crippen molar-refractivity contribution < 1.29 is 18.0 Å². The van der Waals surface area contributed by atoms with E-state index in [4.69, 9.17) is 23.2 Å². The Morgan fingerprint density at radius 2 is 1.53 bits per heavy atom. The van der Waals surface area contributed by atoms with Gasteiger partial charge in [-0.1, -0.05) is 53.0 Å². The maximum absolute atomic E-state index is 13.6. The highest BCUT2D eigenvalue weighted by atomic mass is 35.5. The van der Waals surface area contributed by atoms with Gasteiger partial charge in [-0.2, -0.15) is 0 Å². The van der Waals surface area contributed by atoms with E-state index < -0.39 is 22.5 Å². The first-order valence-electron chi connectivity index (χ1n) is 11.3. The molecule has 0 aliphatic rings. The number of hydrogen-bond donors (Lipinski definition) is 1. The zero-order valence-electron chi connectivity index (χ0n) is 20.2.